The van der Waals surface area contributed by atoms with E-state index < -0.39 is 0 Å². The Morgan fingerprint density at radius 1 is 1.40 bits per heavy atom. The van der Waals surface area contributed by atoms with Crippen LogP contribution in [-0.2, 0) is 17.6 Å². The molecule has 4 nitrogen and oxygen atoms in total. The first-order valence-electron chi connectivity index (χ1n) is 7.49. The van der Waals surface area contributed by atoms with Crippen LogP contribution in [0.2, 0.25) is 0 Å². The minimum atomic E-state index is 0.648. The Labute approximate surface area is 120 Å². The van der Waals surface area contributed by atoms with E-state index >= 15 is 0 Å². The first-order valence-corrected chi connectivity index (χ1v) is 7.49. The van der Waals surface area contributed by atoms with Crippen molar-refractivity contribution in [2.45, 2.75) is 32.1 Å². The zero-order valence-corrected chi connectivity index (χ0v) is 12.1. The Bertz CT molecular complexity index is 529. The Morgan fingerprint density at radius 3 is 2.95 bits per heavy atom. The van der Waals surface area contributed by atoms with Gasteiger partial charge in [0.05, 0.1) is 5.56 Å². The summed E-state index contributed by atoms with van der Waals surface area (Å²) in [6.45, 7) is 2.69. The van der Waals surface area contributed by atoms with E-state index in [4.69, 9.17) is 9.72 Å². The average Bonchev–Trinajstić information content (AvgIpc) is 2.94. The van der Waals surface area contributed by atoms with Crippen molar-refractivity contribution < 1.29 is 4.74 Å². The third kappa shape index (κ3) is 2.64. The molecule has 1 fully saturated rings. The molecule has 0 aromatic carbocycles. The molecule has 1 aromatic heterocycles. The van der Waals surface area contributed by atoms with Gasteiger partial charge in [-0.05, 0) is 49.7 Å². The molecule has 1 aliphatic carbocycles. The summed E-state index contributed by atoms with van der Waals surface area (Å²) in [5.74, 6) is 1.51. The predicted molar refractivity (Wildman–Crippen MR) is 77.8 cm³/mol. The highest BCUT2D eigenvalue weighted by Gasteiger charge is 2.21. The van der Waals surface area contributed by atoms with Crippen molar-refractivity contribution in [2.24, 2.45) is 5.92 Å². The van der Waals surface area contributed by atoms with Gasteiger partial charge in [-0.15, -0.1) is 0 Å². The van der Waals surface area contributed by atoms with Gasteiger partial charge >= 0.3 is 0 Å². The second-order valence-electron chi connectivity index (χ2n) is 5.87. The van der Waals surface area contributed by atoms with Crippen LogP contribution in [0.4, 0.5) is 5.82 Å². The third-order valence-electron chi connectivity index (χ3n) is 4.39. The van der Waals surface area contributed by atoms with Crippen molar-refractivity contribution >= 4 is 5.82 Å². The number of anilines is 1. The van der Waals surface area contributed by atoms with Gasteiger partial charge in [-0.1, -0.05) is 0 Å². The summed E-state index contributed by atoms with van der Waals surface area (Å²) in [6, 6.07) is 4.36. The first-order chi connectivity index (χ1) is 9.78. The Hall–Kier alpha value is -1.60. The van der Waals surface area contributed by atoms with Crippen LogP contribution in [0.3, 0.4) is 0 Å². The van der Waals surface area contributed by atoms with Crippen molar-refractivity contribution in [1.82, 2.24) is 4.98 Å². The van der Waals surface area contributed by atoms with E-state index in [2.05, 4.69) is 18.0 Å². The number of hydrogen-bond acceptors (Lipinski definition) is 4. The maximum atomic E-state index is 9.37. The van der Waals surface area contributed by atoms with Gasteiger partial charge in [0.15, 0.2) is 0 Å². The molecule has 0 spiro atoms. The smallest absolute Gasteiger partial charge is 0.146 e. The third-order valence-corrected chi connectivity index (χ3v) is 4.39. The maximum absolute atomic E-state index is 9.37. The molecular weight excluding hydrogens is 250 g/mol. The van der Waals surface area contributed by atoms with Crippen LogP contribution in [0.25, 0.3) is 0 Å². The highest BCUT2D eigenvalue weighted by Crippen LogP contribution is 2.27. The molecule has 0 N–H and O–H groups in total. The number of aryl methyl sites for hydroxylation is 2. The number of hydrogen-bond donors (Lipinski definition) is 0. The molecule has 0 radical (unpaired) electrons. The molecule has 0 saturated carbocycles. The maximum Gasteiger partial charge on any atom is 0.146 e. The molecule has 2 aliphatic rings. The lowest BCUT2D eigenvalue weighted by Crippen LogP contribution is -2.30. The molecule has 0 bridgehead atoms. The van der Waals surface area contributed by atoms with Crippen molar-refractivity contribution in [1.29, 1.82) is 5.26 Å². The lowest BCUT2D eigenvalue weighted by Gasteiger charge is -2.28. The fraction of sp³-hybridized carbons (Fsp3) is 0.625. The summed E-state index contributed by atoms with van der Waals surface area (Å²) < 4.78 is 5.41. The van der Waals surface area contributed by atoms with Crippen LogP contribution in [0, 0.1) is 17.2 Å². The number of aromatic nitrogens is 1. The number of nitriles is 1. The zero-order valence-electron chi connectivity index (χ0n) is 12.1. The molecule has 0 amide bonds. The number of pyridine rings is 1. The first kappa shape index (κ1) is 13.4. The fourth-order valence-electron chi connectivity index (χ4n) is 3.24. The topological polar surface area (TPSA) is 49.1 Å². The fourth-order valence-corrected chi connectivity index (χ4v) is 3.24. The Balaban J connectivity index is 1.79. The van der Waals surface area contributed by atoms with Gasteiger partial charge in [-0.2, -0.15) is 5.26 Å². The van der Waals surface area contributed by atoms with E-state index in [-0.39, 0.29) is 0 Å². The number of rotatable bonds is 3. The lowest BCUT2D eigenvalue weighted by atomic mass is 9.99. The van der Waals surface area contributed by atoms with Gasteiger partial charge in [0, 0.05) is 32.5 Å². The molecular formula is C16H21N3O. The van der Waals surface area contributed by atoms with E-state index in [1.807, 2.05) is 6.07 Å². The predicted octanol–water partition coefficient (Wildman–Crippen LogP) is 2.30. The summed E-state index contributed by atoms with van der Waals surface area (Å²) in [5.41, 5.74) is 3.18. The van der Waals surface area contributed by atoms with Gasteiger partial charge in [-0.3, -0.25) is 0 Å². The van der Waals surface area contributed by atoms with Gasteiger partial charge in [0.2, 0.25) is 0 Å². The lowest BCUT2D eigenvalue weighted by molar-refractivity contribution is 0.0685. The molecule has 1 aliphatic heterocycles. The summed E-state index contributed by atoms with van der Waals surface area (Å²) in [5, 5.41) is 9.37. The average molecular weight is 271 g/mol. The molecule has 20 heavy (non-hydrogen) atoms. The van der Waals surface area contributed by atoms with Crippen LogP contribution in [0.5, 0.6) is 0 Å². The van der Waals surface area contributed by atoms with E-state index in [1.165, 1.54) is 17.7 Å². The SMILES string of the molecule is CN(CC1CCOCC1)c1nc2c(cc1C#N)CCC2. The minimum absolute atomic E-state index is 0.648. The minimum Gasteiger partial charge on any atom is -0.381 e. The number of nitrogens with zero attached hydrogens (tertiary/aromatic N) is 3. The molecule has 0 unspecified atom stereocenters. The van der Waals surface area contributed by atoms with Gasteiger partial charge in [-0.25, -0.2) is 4.98 Å². The summed E-state index contributed by atoms with van der Waals surface area (Å²) in [7, 11) is 2.06. The van der Waals surface area contributed by atoms with E-state index in [0.29, 0.717) is 5.92 Å². The van der Waals surface area contributed by atoms with Crippen molar-refractivity contribution in [3.05, 3.63) is 22.9 Å². The zero-order chi connectivity index (χ0) is 13.9. The summed E-state index contributed by atoms with van der Waals surface area (Å²) in [6.07, 6.45) is 5.51. The standard InChI is InChI=1S/C16H21N3O/c1-19(11-12-5-7-20-8-6-12)16-14(10-17)9-13-3-2-4-15(13)18-16/h9,12H,2-8,11H2,1H3. The highest BCUT2D eigenvalue weighted by molar-refractivity contribution is 5.56. The van der Waals surface area contributed by atoms with Gasteiger partial charge < -0.3 is 9.64 Å². The van der Waals surface area contributed by atoms with Crippen LogP contribution in [-0.4, -0.2) is 31.8 Å². The quantitative estimate of drug-likeness (QED) is 0.846. The summed E-state index contributed by atoms with van der Waals surface area (Å²) in [4.78, 5) is 6.92. The molecule has 106 valence electrons. The van der Waals surface area contributed by atoms with Crippen LogP contribution < -0.4 is 4.90 Å². The number of ether oxygens (including phenoxy) is 1. The van der Waals surface area contributed by atoms with E-state index in [0.717, 1.165) is 56.8 Å². The van der Waals surface area contributed by atoms with E-state index in [9.17, 15) is 5.26 Å². The molecule has 0 atom stereocenters. The van der Waals surface area contributed by atoms with Crippen LogP contribution >= 0.6 is 0 Å². The van der Waals surface area contributed by atoms with Crippen molar-refractivity contribution in [3.8, 4) is 6.07 Å². The normalized spacial score (nSPS) is 18.6. The van der Waals surface area contributed by atoms with Crippen molar-refractivity contribution in [3.63, 3.8) is 0 Å². The number of fused-ring (bicyclic) bond motifs is 1. The second kappa shape index (κ2) is 5.80. The molecule has 3 rings (SSSR count). The van der Waals surface area contributed by atoms with E-state index in [1.54, 1.807) is 0 Å². The Morgan fingerprint density at radius 2 is 2.20 bits per heavy atom. The van der Waals surface area contributed by atoms with Gasteiger partial charge in [0.25, 0.3) is 0 Å². The van der Waals surface area contributed by atoms with Crippen LogP contribution in [0.1, 0.15) is 36.1 Å². The molecule has 1 saturated heterocycles. The molecule has 1 aromatic rings. The molecule has 2 heterocycles. The Kier molecular flexibility index (Phi) is 3.88. The second-order valence-corrected chi connectivity index (χ2v) is 5.87. The van der Waals surface area contributed by atoms with Gasteiger partial charge in [0.1, 0.15) is 11.9 Å². The van der Waals surface area contributed by atoms with Crippen LogP contribution in [0.15, 0.2) is 6.07 Å². The summed E-state index contributed by atoms with van der Waals surface area (Å²) >= 11 is 0. The molecule has 4 heteroatoms. The monoisotopic (exact) mass is 271 g/mol. The largest absolute Gasteiger partial charge is 0.381 e. The van der Waals surface area contributed by atoms with Crippen molar-refractivity contribution in [2.75, 3.05) is 31.7 Å². The highest BCUT2D eigenvalue weighted by atomic mass is 16.5.